The van der Waals surface area contributed by atoms with Gasteiger partial charge in [0, 0.05) is 6.61 Å². The van der Waals surface area contributed by atoms with Gasteiger partial charge in [-0.15, -0.1) is 0 Å². The van der Waals surface area contributed by atoms with Crippen molar-refractivity contribution < 1.29 is 17.0 Å². The molecule has 0 saturated heterocycles. The van der Waals surface area contributed by atoms with Crippen molar-refractivity contribution in [1.29, 1.82) is 0 Å². The zero-order chi connectivity index (χ0) is 22.0. The van der Waals surface area contributed by atoms with Gasteiger partial charge in [-0.3, -0.25) is 4.18 Å². The second-order valence-electron chi connectivity index (χ2n) is 9.85. The lowest BCUT2D eigenvalue weighted by molar-refractivity contribution is 0.167. The van der Waals surface area contributed by atoms with Crippen LogP contribution in [0, 0.1) is 18.8 Å². The molecule has 1 aromatic rings. The van der Waals surface area contributed by atoms with Gasteiger partial charge in [-0.2, -0.15) is 8.42 Å². The van der Waals surface area contributed by atoms with Crippen molar-refractivity contribution in [3.8, 4) is 0 Å². The Morgan fingerprint density at radius 3 is 1.97 bits per heavy atom. The van der Waals surface area contributed by atoms with Crippen LogP contribution in [0.3, 0.4) is 0 Å². The monoisotopic (exact) mass is 440 g/mol. The van der Waals surface area contributed by atoms with Crippen molar-refractivity contribution in [2.75, 3.05) is 6.61 Å². The number of rotatable bonds is 9. The van der Waals surface area contributed by atoms with E-state index in [0.29, 0.717) is 22.5 Å². The van der Waals surface area contributed by atoms with E-state index in [1.54, 1.807) is 24.3 Å². The molecule has 29 heavy (non-hydrogen) atoms. The van der Waals surface area contributed by atoms with Crippen LogP contribution in [0.1, 0.15) is 66.9 Å². The van der Waals surface area contributed by atoms with Crippen molar-refractivity contribution in [3.05, 3.63) is 29.8 Å². The Balaban J connectivity index is 2.04. The predicted molar refractivity (Wildman–Crippen MR) is 122 cm³/mol. The highest BCUT2D eigenvalue weighted by Gasteiger charge is 2.46. The highest BCUT2D eigenvalue weighted by molar-refractivity contribution is 7.86. The second-order valence-corrected chi connectivity index (χ2v) is 16.9. The minimum absolute atomic E-state index is 0.206. The molecule has 4 nitrogen and oxygen atoms in total. The van der Waals surface area contributed by atoms with E-state index in [1.807, 2.05) is 6.92 Å². The van der Waals surface area contributed by atoms with Crippen LogP contribution in [-0.4, -0.2) is 29.4 Å². The van der Waals surface area contributed by atoms with Gasteiger partial charge in [0.05, 0.1) is 11.0 Å². The van der Waals surface area contributed by atoms with Gasteiger partial charge in [0.25, 0.3) is 10.1 Å². The average Bonchev–Trinajstić information content (AvgIpc) is 2.94. The Kier molecular flexibility index (Phi) is 8.16. The summed E-state index contributed by atoms with van der Waals surface area (Å²) in [6, 6.07) is 6.86. The number of aryl methyl sites for hydroxylation is 1. The standard InChI is InChI=1S/C23H40O4SSi/c1-16(2)29(17(3)4,18(5)6)26-15-21-13-20(8)23(14-21)27-28(24,25)22-11-9-19(7)10-12-22/h9-12,16-18,20-21,23H,13-15H2,1-8H3. The van der Waals surface area contributed by atoms with Gasteiger partial charge in [0.15, 0.2) is 8.32 Å². The molecular formula is C23H40O4SSi. The zero-order valence-electron chi connectivity index (χ0n) is 19.4. The summed E-state index contributed by atoms with van der Waals surface area (Å²) < 4.78 is 37.8. The molecule has 0 heterocycles. The lowest BCUT2D eigenvalue weighted by Crippen LogP contribution is -2.48. The normalized spacial score (nSPS) is 23.5. The van der Waals surface area contributed by atoms with Crippen LogP contribution in [0.15, 0.2) is 29.2 Å². The first-order chi connectivity index (χ1) is 13.4. The molecule has 0 N–H and O–H groups in total. The van der Waals surface area contributed by atoms with Crippen LogP contribution in [0.5, 0.6) is 0 Å². The molecule has 3 atom stereocenters. The average molecular weight is 441 g/mol. The van der Waals surface area contributed by atoms with Crippen LogP contribution in [0.25, 0.3) is 0 Å². The zero-order valence-corrected chi connectivity index (χ0v) is 21.3. The summed E-state index contributed by atoms with van der Waals surface area (Å²) >= 11 is 0. The van der Waals surface area contributed by atoms with E-state index in [2.05, 4.69) is 48.5 Å². The van der Waals surface area contributed by atoms with Crippen molar-refractivity contribution in [3.63, 3.8) is 0 Å². The Morgan fingerprint density at radius 1 is 0.966 bits per heavy atom. The van der Waals surface area contributed by atoms with Crippen molar-refractivity contribution >= 4 is 18.4 Å². The smallest absolute Gasteiger partial charge is 0.297 e. The second kappa shape index (κ2) is 9.63. The molecule has 1 aliphatic carbocycles. The molecule has 1 saturated carbocycles. The van der Waals surface area contributed by atoms with E-state index in [9.17, 15) is 8.42 Å². The van der Waals surface area contributed by atoms with Crippen molar-refractivity contribution in [2.45, 2.75) is 95.9 Å². The molecule has 0 bridgehead atoms. The minimum atomic E-state index is -3.73. The van der Waals surface area contributed by atoms with Gasteiger partial charge in [0.1, 0.15) is 0 Å². The van der Waals surface area contributed by atoms with Gasteiger partial charge in [0.2, 0.25) is 0 Å². The van der Waals surface area contributed by atoms with Crippen LogP contribution in [-0.2, 0) is 18.7 Å². The van der Waals surface area contributed by atoms with E-state index in [-0.39, 0.29) is 16.9 Å². The first-order valence-corrected chi connectivity index (χ1v) is 14.6. The maximum absolute atomic E-state index is 12.7. The molecule has 0 aromatic heterocycles. The lowest BCUT2D eigenvalue weighted by atomic mass is 10.1. The molecule has 0 radical (unpaired) electrons. The predicted octanol–water partition coefficient (Wildman–Crippen LogP) is 6.31. The van der Waals surface area contributed by atoms with Gasteiger partial charge < -0.3 is 4.43 Å². The highest BCUT2D eigenvalue weighted by atomic mass is 32.2. The molecule has 1 aromatic carbocycles. The van der Waals surface area contributed by atoms with E-state index >= 15 is 0 Å². The van der Waals surface area contributed by atoms with Crippen LogP contribution < -0.4 is 0 Å². The van der Waals surface area contributed by atoms with Crippen LogP contribution in [0.4, 0.5) is 0 Å². The minimum Gasteiger partial charge on any atom is -0.416 e. The maximum atomic E-state index is 12.7. The molecule has 6 heteroatoms. The summed E-state index contributed by atoms with van der Waals surface area (Å²) in [6.07, 6.45) is 1.42. The first-order valence-electron chi connectivity index (χ1n) is 11.0. The summed E-state index contributed by atoms with van der Waals surface area (Å²) in [5, 5.41) is 0. The molecule has 0 aliphatic heterocycles. The summed E-state index contributed by atoms with van der Waals surface area (Å²) in [4.78, 5) is 0.237. The maximum Gasteiger partial charge on any atom is 0.297 e. The van der Waals surface area contributed by atoms with E-state index < -0.39 is 18.4 Å². The van der Waals surface area contributed by atoms with Gasteiger partial charge in [-0.05, 0) is 60.4 Å². The summed E-state index contributed by atoms with van der Waals surface area (Å²) in [5.74, 6) is 0.559. The topological polar surface area (TPSA) is 52.6 Å². The van der Waals surface area contributed by atoms with Gasteiger partial charge in [-0.1, -0.05) is 66.2 Å². The highest BCUT2D eigenvalue weighted by Crippen LogP contribution is 2.44. The molecule has 166 valence electrons. The Hall–Kier alpha value is -0.693. The molecule has 1 fully saturated rings. The van der Waals surface area contributed by atoms with E-state index in [1.165, 1.54) is 0 Å². The molecule has 0 spiro atoms. The molecule has 0 amide bonds. The molecular weight excluding hydrogens is 400 g/mol. The SMILES string of the molecule is Cc1ccc(S(=O)(=O)OC2CC(CO[Si](C(C)C)(C(C)C)C(C)C)CC2C)cc1. The fourth-order valence-corrected chi connectivity index (χ4v) is 12.0. The van der Waals surface area contributed by atoms with Crippen LogP contribution in [0.2, 0.25) is 16.6 Å². The Morgan fingerprint density at radius 2 is 1.48 bits per heavy atom. The largest absolute Gasteiger partial charge is 0.416 e. The molecule has 1 aliphatic rings. The van der Waals surface area contributed by atoms with Crippen LogP contribution >= 0.6 is 0 Å². The Bertz CT molecular complexity index is 734. The number of benzene rings is 1. The molecule has 2 rings (SSSR count). The third kappa shape index (κ3) is 5.52. The lowest BCUT2D eigenvalue weighted by Gasteiger charge is -2.42. The van der Waals surface area contributed by atoms with E-state index in [0.717, 1.165) is 25.0 Å². The number of hydrogen-bond donors (Lipinski definition) is 0. The quantitative estimate of drug-likeness (QED) is 0.334. The fourth-order valence-electron chi connectivity index (χ4n) is 5.29. The summed E-state index contributed by atoms with van der Waals surface area (Å²) in [5.41, 5.74) is 2.68. The van der Waals surface area contributed by atoms with Gasteiger partial charge >= 0.3 is 0 Å². The summed E-state index contributed by atoms with van der Waals surface area (Å²) in [6.45, 7) is 18.5. The first kappa shape index (κ1) is 24.6. The van der Waals surface area contributed by atoms with Crippen molar-refractivity contribution in [1.82, 2.24) is 0 Å². The third-order valence-corrected chi connectivity index (χ3v) is 14.2. The molecule has 3 unspecified atom stereocenters. The number of hydrogen-bond acceptors (Lipinski definition) is 4. The Labute approximate surface area is 179 Å². The fraction of sp³-hybridized carbons (Fsp3) is 0.739. The summed E-state index contributed by atoms with van der Waals surface area (Å²) in [7, 11) is -5.64. The van der Waals surface area contributed by atoms with Gasteiger partial charge in [-0.25, -0.2) is 0 Å². The van der Waals surface area contributed by atoms with Crippen molar-refractivity contribution in [2.24, 2.45) is 11.8 Å². The third-order valence-electron chi connectivity index (χ3n) is 6.74. The van der Waals surface area contributed by atoms with E-state index in [4.69, 9.17) is 8.61 Å².